The molecular formula is C30H44O2Si. The highest BCUT2D eigenvalue weighted by Crippen LogP contribution is 2.36. The van der Waals surface area contributed by atoms with E-state index in [0.29, 0.717) is 6.61 Å². The van der Waals surface area contributed by atoms with Crippen molar-refractivity contribution in [2.45, 2.75) is 84.8 Å². The first kappa shape index (κ1) is 27.3. The van der Waals surface area contributed by atoms with Gasteiger partial charge in [-0.1, -0.05) is 119 Å². The number of hydrogen-bond acceptors (Lipinski definition) is 2. The van der Waals surface area contributed by atoms with Gasteiger partial charge in [-0.2, -0.15) is 0 Å². The van der Waals surface area contributed by atoms with Crippen molar-refractivity contribution in [3.63, 3.8) is 0 Å². The average Bonchev–Trinajstić information content (AvgIpc) is 2.80. The van der Waals surface area contributed by atoms with Crippen LogP contribution in [-0.2, 0) is 4.43 Å². The first-order valence-electron chi connectivity index (χ1n) is 12.5. The molecule has 180 valence electrons. The lowest BCUT2D eigenvalue weighted by atomic mass is 10.0. The largest absolute Gasteiger partial charge is 0.404 e. The summed E-state index contributed by atoms with van der Waals surface area (Å²) in [6.07, 6.45) is 9.14. The minimum atomic E-state index is -2.48. The summed E-state index contributed by atoms with van der Waals surface area (Å²) in [6, 6.07) is 21.6. The molecule has 0 aliphatic rings. The molecule has 0 saturated carbocycles. The summed E-state index contributed by atoms with van der Waals surface area (Å²) in [4.78, 5) is 0. The first-order chi connectivity index (χ1) is 15.7. The Morgan fingerprint density at radius 3 is 1.97 bits per heavy atom. The molecule has 0 radical (unpaired) electrons. The molecule has 0 amide bonds. The zero-order valence-electron chi connectivity index (χ0n) is 21.6. The van der Waals surface area contributed by atoms with E-state index < -0.39 is 8.32 Å². The molecule has 1 N–H and O–H groups in total. The number of allylic oxidation sites excluding steroid dienone is 2. The highest BCUT2D eigenvalue weighted by Gasteiger charge is 2.49. The van der Waals surface area contributed by atoms with Gasteiger partial charge in [-0.25, -0.2) is 0 Å². The summed E-state index contributed by atoms with van der Waals surface area (Å²) >= 11 is 0. The third-order valence-corrected chi connectivity index (χ3v) is 11.5. The van der Waals surface area contributed by atoms with E-state index in [9.17, 15) is 5.11 Å². The van der Waals surface area contributed by atoms with E-state index >= 15 is 0 Å². The first-order valence-corrected chi connectivity index (χ1v) is 14.4. The molecule has 0 heterocycles. The molecule has 0 aliphatic carbocycles. The van der Waals surface area contributed by atoms with Crippen LogP contribution in [0.4, 0.5) is 0 Å². The lowest BCUT2D eigenvalue weighted by molar-refractivity contribution is 0.196. The van der Waals surface area contributed by atoms with Gasteiger partial charge in [0.1, 0.15) is 0 Å². The highest BCUT2D eigenvalue weighted by molar-refractivity contribution is 6.99. The van der Waals surface area contributed by atoms with Crippen molar-refractivity contribution < 1.29 is 9.53 Å². The van der Waals surface area contributed by atoms with Gasteiger partial charge in [0, 0.05) is 0 Å². The molecular weight excluding hydrogens is 420 g/mol. The molecule has 0 aromatic heterocycles. The molecule has 3 heteroatoms. The lowest BCUT2D eigenvalue weighted by Crippen LogP contribution is -2.66. The second kappa shape index (κ2) is 13.1. The summed E-state index contributed by atoms with van der Waals surface area (Å²) in [5.74, 6) is 0. The third kappa shape index (κ3) is 7.53. The molecule has 2 nitrogen and oxygen atoms in total. The van der Waals surface area contributed by atoms with Crippen LogP contribution in [0.25, 0.3) is 0 Å². The maximum Gasteiger partial charge on any atom is 0.261 e. The zero-order chi connectivity index (χ0) is 24.3. The molecule has 2 aromatic rings. The van der Waals surface area contributed by atoms with Crippen molar-refractivity contribution >= 4 is 18.7 Å². The number of hydrogen-bond donors (Lipinski definition) is 1. The Hall–Kier alpha value is -1.94. The van der Waals surface area contributed by atoms with Crippen LogP contribution in [0.2, 0.25) is 5.04 Å². The summed E-state index contributed by atoms with van der Waals surface area (Å²) in [6.45, 7) is 13.9. The fourth-order valence-electron chi connectivity index (χ4n) is 4.46. The number of aliphatic hydroxyl groups excluding tert-OH is 1. The quantitative estimate of drug-likeness (QED) is 0.277. The molecule has 0 bridgehead atoms. The van der Waals surface area contributed by atoms with Crippen LogP contribution in [0.5, 0.6) is 0 Å². The maximum atomic E-state index is 10.2. The highest BCUT2D eigenvalue weighted by atomic mass is 28.4. The normalized spacial score (nSPS) is 14.4. The molecule has 0 aliphatic heterocycles. The van der Waals surface area contributed by atoms with Gasteiger partial charge >= 0.3 is 0 Å². The van der Waals surface area contributed by atoms with Gasteiger partial charge in [0.2, 0.25) is 0 Å². The molecule has 0 saturated heterocycles. The van der Waals surface area contributed by atoms with Crippen LogP contribution < -0.4 is 10.4 Å². The smallest absolute Gasteiger partial charge is 0.261 e. The second-order valence-corrected chi connectivity index (χ2v) is 14.5. The number of benzene rings is 2. The van der Waals surface area contributed by atoms with Gasteiger partial charge in [0.05, 0.1) is 12.7 Å². The standard InChI is InChI=1S/C30H44O2Si/c1-7-8-22-29(31)26(3)17-15-16-25(2)23-24-32-33(30(4,5)6,27-18-11-9-12-19-27)28-20-13-10-14-21-28/h9-14,17-21,23,29,31H,7-8,15-16,22,24H2,1-6H3. The minimum Gasteiger partial charge on any atom is -0.404 e. The topological polar surface area (TPSA) is 29.5 Å². The van der Waals surface area contributed by atoms with Crippen LogP contribution in [0, 0.1) is 0 Å². The van der Waals surface area contributed by atoms with Crippen molar-refractivity contribution in [1.29, 1.82) is 0 Å². The Balaban J connectivity index is 2.16. The van der Waals surface area contributed by atoms with E-state index in [1.165, 1.54) is 15.9 Å². The van der Waals surface area contributed by atoms with Gasteiger partial charge in [0.15, 0.2) is 0 Å². The van der Waals surface area contributed by atoms with Gasteiger partial charge in [-0.05, 0) is 54.1 Å². The summed E-state index contributed by atoms with van der Waals surface area (Å²) in [5, 5.41) is 12.9. The second-order valence-electron chi connectivity index (χ2n) is 10.2. The van der Waals surface area contributed by atoms with E-state index in [1.807, 2.05) is 6.92 Å². The summed E-state index contributed by atoms with van der Waals surface area (Å²) in [5.41, 5.74) is 2.43. The van der Waals surface area contributed by atoms with Crippen molar-refractivity contribution in [3.8, 4) is 0 Å². The monoisotopic (exact) mass is 464 g/mol. The lowest BCUT2D eigenvalue weighted by Gasteiger charge is -2.42. The van der Waals surface area contributed by atoms with Gasteiger partial charge < -0.3 is 9.53 Å². The molecule has 0 fully saturated rings. The number of unbranched alkanes of at least 4 members (excludes halogenated alkanes) is 1. The predicted molar refractivity (Wildman–Crippen MR) is 146 cm³/mol. The van der Waals surface area contributed by atoms with Gasteiger partial charge in [-0.15, -0.1) is 0 Å². The van der Waals surface area contributed by atoms with E-state index in [0.717, 1.165) is 37.7 Å². The molecule has 2 aromatic carbocycles. The molecule has 33 heavy (non-hydrogen) atoms. The minimum absolute atomic E-state index is 0.00801. The molecule has 1 atom stereocenters. The molecule has 1 unspecified atom stereocenters. The van der Waals surface area contributed by atoms with E-state index in [1.54, 1.807) is 0 Å². The third-order valence-electron chi connectivity index (χ3n) is 6.51. The molecule has 0 spiro atoms. The Bertz CT molecular complexity index is 839. The summed E-state index contributed by atoms with van der Waals surface area (Å²) in [7, 11) is -2.48. The van der Waals surface area contributed by atoms with E-state index in [-0.39, 0.29) is 11.1 Å². The van der Waals surface area contributed by atoms with Crippen LogP contribution >= 0.6 is 0 Å². The van der Waals surface area contributed by atoms with Crippen LogP contribution in [-0.4, -0.2) is 26.1 Å². The Labute approximate surface area is 203 Å². The van der Waals surface area contributed by atoms with E-state index in [2.05, 4.69) is 107 Å². The Morgan fingerprint density at radius 1 is 0.939 bits per heavy atom. The number of aliphatic hydroxyl groups is 1. The predicted octanol–water partition coefficient (Wildman–Crippen LogP) is 6.79. The fourth-order valence-corrected chi connectivity index (χ4v) is 8.95. The van der Waals surface area contributed by atoms with E-state index in [4.69, 9.17) is 4.43 Å². The fraction of sp³-hybridized carbons (Fsp3) is 0.467. The van der Waals surface area contributed by atoms with Gasteiger partial charge in [-0.3, -0.25) is 0 Å². The summed E-state index contributed by atoms with van der Waals surface area (Å²) < 4.78 is 6.95. The van der Waals surface area contributed by atoms with Crippen LogP contribution in [0.3, 0.4) is 0 Å². The average molecular weight is 465 g/mol. The Kier molecular flexibility index (Phi) is 10.8. The molecule has 2 rings (SSSR count). The maximum absolute atomic E-state index is 10.2. The van der Waals surface area contributed by atoms with Gasteiger partial charge in [0.25, 0.3) is 8.32 Å². The van der Waals surface area contributed by atoms with Crippen LogP contribution in [0.15, 0.2) is 84.0 Å². The van der Waals surface area contributed by atoms with Crippen molar-refractivity contribution in [2.24, 2.45) is 0 Å². The van der Waals surface area contributed by atoms with Crippen molar-refractivity contribution in [2.75, 3.05) is 6.61 Å². The van der Waals surface area contributed by atoms with Crippen molar-refractivity contribution in [1.82, 2.24) is 0 Å². The van der Waals surface area contributed by atoms with Crippen LogP contribution in [0.1, 0.15) is 73.6 Å². The number of rotatable bonds is 12. The zero-order valence-corrected chi connectivity index (χ0v) is 22.6. The Morgan fingerprint density at radius 2 is 1.48 bits per heavy atom. The van der Waals surface area contributed by atoms with Crippen molar-refractivity contribution in [3.05, 3.63) is 84.0 Å². The SMILES string of the molecule is CCCCC(O)C(C)=CCCC(C)=CCO[Si](c1ccccc1)(c1ccccc1)C(C)(C)C.